The van der Waals surface area contributed by atoms with Gasteiger partial charge in [0, 0.05) is 23.8 Å². The molecule has 1 aromatic carbocycles. The van der Waals surface area contributed by atoms with Gasteiger partial charge in [0.05, 0.1) is 0 Å². The van der Waals surface area contributed by atoms with Crippen molar-refractivity contribution >= 4 is 11.6 Å². The molecule has 0 bridgehead atoms. The molecule has 0 saturated heterocycles. The molecule has 0 fully saturated rings. The molecule has 0 aliphatic rings. The summed E-state index contributed by atoms with van der Waals surface area (Å²) in [6.07, 6.45) is 2.92. The van der Waals surface area contributed by atoms with Gasteiger partial charge in [0.15, 0.2) is 5.82 Å². The molecular formula is C12H11ClN2O. The second-order valence-electron chi connectivity index (χ2n) is 3.42. The van der Waals surface area contributed by atoms with E-state index in [0.29, 0.717) is 17.3 Å². The van der Waals surface area contributed by atoms with Gasteiger partial charge in [0.25, 0.3) is 0 Å². The van der Waals surface area contributed by atoms with E-state index in [1.165, 1.54) is 0 Å². The molecule has 2 aromatic rings. The van der Waals surface area contributed by atoms with Gasteiger partial charge in [-0.25, -0.2) is 9.97 Å². The van der Waals surface area contributed by atoms with Crippen molar-refractivity contribution in [2.45, 2.75) is 12.5 Å². The fourth-order valence-electron chi connectivity index (χ4n) is 1.45. The Morgan fingerprint density at radius 1 is 1.12 bits per heavy atom. The molecule has 0 saturated carbocycles. The first kappa shape index (κ1) is 11.0. The van der Waals surface area contributed by atoms with Crippen LogP contribution in [-0.4, -0.2) is 15.1 Å². The molecule has 1 unspecified atom stereocenters. The van der Waals surface area contributed by atoms with Gasteiger partial charge in [0.2, 0.25) is 0 Å². The van der Waals surface area contributed by atoms with Crippen molar-refractivity contribution in [1.82, 2.24) is 9.97 Å². The molecule has 0 aliphatic carbocycles. The second-order valence-corrected chi connectivity index (χ2v) is 3.83. The number of nitrogens with zero attached hydrogens (tertiary/aromatic N) is 2. The van der Waals surface area contributed by atoms with E-state index in [2.05, 4.69) is 9.97 Å². The highest BCUT2D eigenvalue weighted by Gasteiger charge is 2.12. The predicted octanol–water partition coefficient (Wildman–Crippen LogP) is 2.41. The van der Waals surface area contributed by atoms with Crippen LogP contribution in [0.15, 0.2) is 42.7 Å². The minimum absolute atomic E-state index is 0.419. The van der Waals surface area contributed by atoms with E-state index < -0.39 is 6.10 Å². The van der Waals surface area contributed by atoms with Gasteiger partial charge < -0.3 is 5.11 Å². The normalized spacial score (nSPS) is 12.4. The van der Waals surface area contributed by atoms with Crippen LogP contribution in [0.5, 0.6) is 0 Å². The summed E-state index contributed by atoms with van der Waals surface area (Å²) in [6.45, 7) is 0. The Balaban J connectivity index is 2.14. The fraction of sp³-hybridized carbons (Fsp3) is 0.167. The maximum atomic E-state index is 9.91. The largest absolute Gasteiger partial charge is 0.385 e. The Labute approximate surface area is 98.8 Å². The maximum Gasteiger partial charge on any atom is 0.157 e. The van der Waals surface area contributed by atoms with Crippen LogP contribution < -0.4 is 0 Å². The lowest BCUT2D eigenvalue weighted by Crippen LogP contribution is -2.06. The molecule has 2 rings (SSSR count). The first-order valence-electron chi connectivity index (χ1n) is 4.96. The predicted molar refractivity (Wildman–Crippen MR) is 62.1 cm³/mol. The number of aromatic nitrogens is 2. The zero-order valence-electron chi connectivity index (χ0n) is 8.55. The van der Waals surface area contributed by atoms with E-state index in [1.54, 1.807) is 24.5 Å². The minimum Gasteiger partial charge on any atom is -0.385 e. The highest BCUT2D eigenvalue weighted by atomic mass is 35.5. The van der Waals surface area contributed by atoms with Crippen molar-refractivity contribution in [3.8, 4) is 0 Å². The SMILES string of the molecule is OC(Cc1ccccc1Cl)c1ncccn1. The van der Waals surface area contributed by atoms with Crippen LogP contribution in [0.3, 0.4) is 0 Å². The summed E-state index contributed by atoms with van der Waals surface area (Å²) in [5.74, 6) is 0.419. The van der Waals surface area contributed by atoms with Crippen molar-refractivity contribution in [3.05, 3.63) is 59.1 Å². The molecule has 0 radical (unpaired) electrons. The van der Waals surface area contributed by atoms with E-state index in [9.17, 15) is 5.11 Å². The Bertz CT molecular complexity index is 462. The lowest BCUT2D eigenvalue weighted by molar-refractivity contribution is 0.168. The molecule has 16 heavy (non-hydrogen) atoms. The number of halogens is 1. The van der Waals surface area contributed by atoms with Crippen LogP contribution in [0.4, 0.5) is 0 Å². The highest BCUT2D eigenvalue weighted by molar-refractivity contribution is 6.31. The van der Waals surface area contributed by atoms with Crippen LogP contribution in [-0.2, 0) is 6.42 Å². The third-order valence-electron chi connectivity index (χ3n) is 2.25. The van der Waals surface area contributed by atoms with Crippen molar-refractivity contribution in [2.24, 2.45) is 0 Å². The first-order valence-corrected chi connectivity index (χ1v) is 5.33. The fourth-order valence-corrected chi connectivity index (χ4v) is 1.66. The highest BCUT2D eigenvalue weighted by Crippen LogP contribution is 2.21. The molecule has 0 amide bonds. The van der Waals surface area contributed by atoms with Crippen molar-refractivity contribution in [1.29, 1.82) is 0 Å². The number of aliphatic hydroxyl groups is 1. The quantitative estimate of drug-likeness (QED) is 0.887. The summed E-state index contributed by atoms with van der Waals surface area (Å²) in [7, 11) is 0. The molecule has 1 aromatic heterocycles. The van der Waals surface area contributed by atoms with Gasteiger partial charge in [-0.05, 0) is 17.7 Å². The van der Waals surface area contributed by atoms with Gasteiger partial charge in [-0.1, -0.05) is 29.8 Å². The van der Waals surface area contributed by atoms with E-state index in [1.807, 2.05) is 18.2 Å². The molecule has 0 spiro atoms. The summed E-state index contributed by atoms with van der Waals surface area (Å²) in [6, 6.07) is 9.15. The number of hydrogen-bond donors (Lipinski definition) is 1. The average Bonchev–Trinajstić information content (AvgIpc) is 2.33. The number of rotatable bonds is 3. The smallest absolute Gasteiger partial charge is 0.157 e. The third kappa shape index (κ3) is 2.56. The summed E-state index contributed by atoms with van der Waals surface area (Å²) in [5, 5.41) is 10.6. The van der Waals surface area contributed by atoms with Crippen LogP contribution in [0.1, 0.15) is 17.5 Å². The number of aliphatic hydroxyl groups excluding tert-OH is 1. The number of benzene rings is 1. The minimum atomic E-state index is -0.721. The Kier molecular flexibility index (Phi) is 3.49. The molecule has 1 atom stereocenters. The lowest BCUT2D eigenvalue weighted by Gasteiger charge is -2.09. The Morgan fingerprint density at radius 2 is 1.81 bits per heavy atom. The van der Waals surface area contributed by atoms with Gasteiger partial charge >= 0.3 is 0 Å². The second kappa shape index (κ2) is 5.05. The van der Waals surface area contributed by atoms with Crippen LogP contribution in [0.25, 0.3) is 0 Å². The molecule has 82 valence electrons. The lowest BCUT2D eigenvalue weighted by atomic mass is 10.1. The van der Waals surface area contributed by atoms with Crippen molar-refractivity contribution in [2.75, 3.05) is 0 Å². The molecule has 4 heteroatoms. The van der Waals surface area contributed by atoms with E-state index in [-0.39, 0.29) is 0 Å². The monoisotopic (exact) mass is 234 g/mol. The van der Waals surface area contributed by atoms with Crippen molar-refractivity contribution < 1.29 is 5.11 Å². The zero-order valence-corrected chi connectivity index (χ0v) is 9.30. The summed E-state index contributed by atoms with van der Waals surface area (Å²) < 4.78 is 0. The summed E-state index contributed by atoms with van der Waals surface area (Å²) >= 11 is 6.00. The Morgan fingerprint density at radius 3 is 2.50 bits per heavy atom. The van der Waals surface area contributed by atoms with Crippen molar-refractivity contribution in [3.63, 3.8) is 0 Å². The van der Waals surface area contributed by atoms with Gasteiger partial charge in [-0.3, -0.25) is 0 Å². The van der Waals surface area contributed by atoms with Crippen LogP contribution in [0, 0.1) is 0 Å². The van der Waals surface area contributed by atoms with E-state index in [0.717, 1.165) is 5.56 Å². The standard InChI is InChI=1S/C12H11ClN2O/c13-10-5-2-1-4-9(10)8-11(16)12-14-6-3-7-15-12/h1-7,11,16H,8H2. The molecule has 1 heterocycles. The van der Waals surface area contributed by atoms with Gasteiger partial charge in [0.1, 0.15) is 6.10 Å². The van der Waals surface area contributed by atoms with Gasteiger partial charge in [-0.15, -0.1) is 0 Å². The zero-order chi connectivity index (χ0) is 11.4. The molecular weight excluding hydrogens is 224 g/mol. The summed E-state index contributed by atoms with van der Waals surface area (Å²) in [5.41, 5.74) is 0.893. The third-order valence-corrected chi connectivity index (χ3v) is 2.62. The first-order chi connectivity index (χ1) is 7.77. The average molecular weight is 235 g/mol. The van der Waals surface area contributed by atoms with E-state index >= 15 is 0 Å². The topological polar surface area (TPSA) is 46.0 Å². The van der Waals surface area contributed by atoms with Crippen LogP contribution in [0.2, 0.25) is 5.02 Å². The molecule has 0 aliphatic heterocycles. The summed E-state index contributed by atoms with van der Waals surface area (Å²) in [4.78, 5) is 8.00. The maximum absolute atomic E-state index is 9.91. The Hall–Kier alpha value is -1.45. The molecule has 3 nitrogen and oxygen atoms in total. The van der Waals surface area contributed by atoms with E-state index in [4.69, 9.17) is 11.6 Å². The van der Waals surface area contributed by atoms with Crippen LogP contribution >= 0.6 is 11.6 Å². The molecule has 1 N–H and O–H groups in total. The van der Waals surface area contributed by atoms with Gasteiger partial charge in [-0.2, -0.15) is 0 Å². The number of hydrogen-bond acceptors (Lipinski definition) is 3.